The number of amides is 1. The summed E-state index contributed by atoms with van der Waals surface area (Å²) in [6, 6.07) is -1.03. The zero-order chi connectivity index (χ0) is 11.4. The fourth-order valence-electron chi connectivity index (χ4n) is 1.61. The van der Waals surface area contributed by atoms with Gasteiger partial charge in [0.1, 0.15) is 6.10 Å². The number of hydrogen-bond donors (Lipinski definition) is 2. The van der Waals surface area contributed by atoms with Crippen molar-refractivity contribution in [3.05, 3.63) is 12.7 Å². The average molecular weight is 219 g/mol. The lowest BCUT2D eigenvalue weighted by Crippen LogP contribution is -2.40. The van der Waals surface area contributed by atoms with Crippen LogP contribution in [-0.4, -0.2) is 59.3 Å². The summed E-state index contributed by atoms with van der Waals surface area (Å²) in [4.78, 5) is 11.6. The molecular weight excluding hydrogens is 205 g/mol. The summed E-state index contributed by atoms with van der Waals surface area (Å²) >= 11 is 0. The van der Waals surface area contributed by atoms with E-state index in [0.29, 0.717) is 0 Å². The summed E-state index contributed by atoms with van der Waals surface area (Å²) in [6.45, 7) is 2.98. The van der Waals surface area contributed by atoms with Crippen LogP contribution in [0.25, 0.3) is 0 Å². The fourth-order valence-corrected chi connectivity index (χ4v) is 1.61. The maximum Gasteiger partial charge on any atom is 0.407 e. The SMILES string of the molecule is C=CCOC1CN(C(=O)O)C(CO)C1F. The molecular formula is C9H14FNO4. The van der Waals surface area contributed by atoms with Crippen LogP contribution in [0.2, 0.25) is 0 Å². The number of hydrogen-bond acceptors (Lipinski definition) is 3. The maximum absolute atomic E-state index is 13.6. The van der Waals surface area contributed by atoms with Gasteiger partial charge < -0.3 is 14.9 Å². The second-order valence-electron chi connectivity index (χ2n) is 3.29. The third kappa shape index (κ3) is 2.45. The summed E-state index contributed by atoms with van der Waals surface area (Å²) in [5, 5.41) is 17.6. The lowest BCUT2D eigenvalue weighted by molar-refractivity contribution is 0.0296. The molecule has 0 aromatic carbocycles. The molecule has 1 aliphatic rings. The number of carbonyl (C=O) groups is 1. The maximum atomic E-state index is 13.6. The Morgan fingerprint density at radius 1 is 1.73 bits per heavy atom. The van der Waals surface area contributed by atoms with Crippen LogP contribution in [0.15, 0.2) is 12.7 Å². The van der Waals surface area contributed by atoms with E-state index in [4.69, 9.17) is 14.9 Å². The largest absolute Gasteiger partial charge is 0.465 e. The van der Waals surface area contributed by atoms with E-state index in [1.165, 1.54) is 6.08 Å². The van der Waals surface area contributed by atoms with Crippen molar-refractivity contribution in [2.45, 2.75) is 18.3 Å². The number of ether oxygens (including phenoxy) is 1. The van der Waals surface area contributed by atoms with Crippen molar-refractivity contribution in [3.63, 3.8) is 0 Å². The Labute approximate surface area is 86.8 Å². The van der Waals surface area contributed by atoms with Crippen molar-refractivity contribution < 1.29 is 24.1 Å². The van der Waals surface area contributed by atoms with Crippen molar-refractivity contribution in [1.82, 2.24) is 4.90 Å². The summed E-state index contributed by atoms with van der Waals surface area (Å²) in [7, 11) is 0. The van der Waals surface area contributed by atoms with Crippen LogP contribution in [0, 0.1) is 0 Å². The summed E-state index contributed by atoms with van der Waals surface area (Å²) in [5.74, 6) is 0. The molecule has 3 atom stereocenters. The van der Waals surface area contributed by atoms with Crippen LogP contribution in [0.3, 0.4) is 0 Å². The monoisotopic (exact) mass is 219 g/mol. The van der Waals surface area contributed by atoms with Gasteiger partial charge in [0.05, 0.1) is 25.8 Å². The molecule has 1 amide bonds. The van der Waals surface area contributed by atoms with E-state index in [0.717, 1.165) is 4.90 Å². The van der Waals surface area contributed by atoms with Gasteiger partial charge in [-0.15, -0.1) is 6.58 Å². The van der Waals surface area contributed by atoms with E-state index in [9.17, 15) is 9.18 Å². The molecule has 86 valence electrons. The number of likely N-dealkylation sites (tertiary alicyclic amines) is 1. The van der Waals surface area contributed by atoms with Gasteiger partial charge in [0.15, 0.2) is 6.17 Å². The first-order chi connectivity index (χ1) is 7.11. The molecule has 5 nitrogen and oxygen atoms in total. The molecule has 6 heteroatoms. The lowest BCUT2D eigenvalue weighted by Gasteiger charge is -2.19. The Bertz CT molecular complexity index is 248. The molecule has 1 saturated heterocycles. The number of aliphatic hydroxyl groups is 1. The first kappa shape index (κ1) is 11.9. The summed E-state index contributed by atoms with van der Waals surface area (Å²) < 4.78 is 18.6. The van der Waals surface area contributed by atoms with Crippen molar-refractivity contribution in [2.24, 2.45) is 0 Å². The summed E-state index contributed by atoms with van der Waals surface area (Å²) in [5.41, 5.74) is 0. The highest BCUT2D eigenvalue weighted by atomic mass is 19.1. The molecule has 3 unspecified atom stereocenters. The first-order valence-corrected chi connectivity index (χ1v) is 4.58. The van der Waals surface area contributed by atoms with Crippen molar-refractivity contribution >= 4 is 6.09 Å². The number of nitrogens with zero attached hydrogens (tertiary/aromatic N) is 1. The number of alkyl halides is 1. The molecule has 0 aromatic rings. The quantitative estimate of drug-likeness (QED) is 0.665. The molecule has 1 heterocycles. The van der Waals surface area contributed by atoms with E-state index in [1.54, 1.807) is 0 Å². The second kappa shape index (κ2) is 5.09. The van der Waals surface area contributed by atoms with Gasteiger partial charge in [-0.3, -0.25) is 4.90 Å². The third-order valence-electron chi connectivity index (χ3n) is 2.36. The molecule has 0 aromatic heterocycles. The molecule has 0 bridgehead atoms. The van der Waals surface area contributed by atoms with Gasteiger partial charge in [-0.2, -0.15) is 0 Å². The van der Waals surface area contributed by atoms with E-state index in [1.807, 2.05) is 0 Å². The minimum Gasteiger partial charge on any atom is -0.465 e. The van der Waals surface area contributed by atoms with Gasteiger partial charge in [0, 0.05) is 0 Å². The van der Waals surface area contributed by atoms with Crippen LogP contribution < -0.4 is 0 Å². The lowest BCUT2D eigenvalue weighted by atomic mass is 10.2. The van der Waals surface area contributed by atoms with E-state index < -0.39 is 31.0 Å². The smallest absolute Gasteiger partial charge is 0.407 e. The number of halogens is 1. The highest BCUT2D eigenvalue weighted by molar-refractivity contribution is 5.66. The molecule has 0 radical (unpaired) electrons. The molecule has 0 aliphatic carbocycles. The number of carboxylic acid groups (broad SMARTS) is 1. The fraction of sp³-hybridized carbons (Fsp3) is 0.667. The molecule has 1 rings (SSSR count). The van der Waals surface area contributed by atoms with Gasteiger partial charge in [0.25, 0.3) is 0 Å². The van der Waals surface area contributed by atoms with Gasteiger partial charge >= 0.3 is 6.09 Å². The number of rotatable bonds is 4. The third-order valence-corrected chi connectivity index (χ3v) is 2.36. The minimum atomic E-state index is -1.49. The van der Waals surface area contributed by atoms with Gasteiger partial charge in [-0.25, -0.2) is 9.18 Å². The van der Waals surface area contributed by atoms with E-state index in [-0.39, 0.29) is 13.2 Å². The van der Waals surface area contributed by atoms with Crippen LogP contribution in [0.4, 0.5) is 9.18 Å². The normalized spacial score (nSPS) is 30.5. The predicted octanol–water partition coefficient (Wildman–Crippen LogP) is 0.250. The molecule has 1 fully saturated rings. The van der Waals surface area contributed by atoms with Gasteiger partial charge in [-0.1, -0.05) is 6.08 Å². The Hall–Kier alpha value is -1.14. The topological polar surface area (TPSA) is 70.0 Å². The van der Waals surface area contributed by atoms with Crippen LogP contribution in [0.1, 0.15) is 0 Å². The van der Waals surface area contributed by atoms with E-state index in [2.05, 4.69) is 6.58 Å². The van der Waals surface area contributed by atoms with E-state index >= 15 is 0 Å². The second-order valence-corrected chi connectivity index (χ2v) is 3.29. The minimum absolute atomic E-state index is 0.0600. The molecule has 0 spiro atoms. The standard InChI is InChI=1S/C9H14FNO4/c1-2-3-15-7-4-11(9(13)14)6(5-12)8(7)10/h2,6-8,12H,1,3-5H2,(H,13,14). The zero-order valence-electron chi connectivity index (χ0n) is 8.17. The van der Waals surface area contributed by atoms with Crippen molar-refractivity contribution in [1.29, 1.82) is 0 Å². The van der Waals surface area contributed by atoms with Crippen molar-refractivity contribution in [2.75, 3.05) is 19.8 Å². The molecule has 0 saturated carbocycles. The van der Waals surface area contributed by atoms with Gasteiger partial charge in [-0.05, 0) is 0 Å². The molecule has 2 N–H and O–H groups in total. The average Bonchev–Trinajstić information content (AvgIpc) is 2.52. The highest BCUT2D eigenvalue weighted by Gasteiger charge is 2.44. The molecule has 1 aliphatic heterocycles. The Balaban J connectivity index is 2.64. The Morgan fingerprint density at radius 3 is 2.80 bits per heavy atom. The highest BCUT2D eigenvalue weighted by Crippen LogP contribution is 2.23. The van der Waals surface area contributed by atoms with Crippen LogP contribution >= 0.6 is 0 Å². The zero-order valence-corrected chi connectivity index (χ0v) is 8.17. The van der Waals surface area contributed by atoms with Crippen molar-refractivity contribution in [3.8, 4) is 0 Å². The van der Waals surface area contributed by atoms with Crippen LogP contribution in [0.5, 0.6) is 0 Å². The first-order valence-electron chi connectivity index (χ1n) is 4.58. The Morgan fingerprint density at radius 2 is 2.40 bits per heavy atom. The summed E-state index contributed by atoms with van der Waals surface area (Å²) in [6.07, 6.45) is -2.10. The molecule has 15 heavy (non-hydrogen) atoms. The van der Waals surface area contributed by atoms with Crippen LogP contribution in [-0.2, 0) is 4.74 Å². The number of aliphatic hydroxyl groups excluding tert-OH is 1. The van der Waals surface area contributed by atoms with Gasteiger partial charge in [0.2, 0.25) is 0 Å². The predicted molar refractivity (Wildman–Crippen MR) is 50.4 cm³/mol. The Kier molecular flexibility index (Phi) is 4.05.